The number of fused-ring (bicyclic) bond motifs is 3. The number of hydrogen-bond acceptors (Lipinski definition) is 3. The highest BCUT2D eigenvalue weighted by molar-refractivity contribution is 5.81. The summed E-state index contributed by atoms with van der Waals surface area (Å²) in [4.78, 5) is 23.8. The van der Waals surface area contributed by atoms with Crippen molar-refractivity contribution in [1.82, 2.24) is 5.32 Å². The van der Waals surface area contributed by atoms with E-state index in [1.54, 1.807) is 0 Å². The van der Waals surface area contributed by atoms with Gasteiger partial charge >= 0.3 is 12.1 Å². The van der Waals surface area contributed by atoms with Crippen LogP contribution in [0, 0.1) is 17.5 Å². The molecule has 1 aliphatic carbocycles. The Labute approximate surface area is 181 Å². The van der Waals surface area contributed by atoms with E-state index < -0.39 is 42.0 Å². The minimum atomic E-state index is -1.65. The summed E-state index contributed by atoms with van der Waals surface area (Å²) in [6.45, 7) is -0.0218. The number of rotatable bonds is 6. The molecule has 1 amide bonds. The third-order valence-corrected chi connectivity index (χ3v) is 5.42. The van der Waals surface area contributed by atoms with Gasteiger partial charge in [-0.2, -0.15) is 0 Å². The zero-order valence-corrected chi connectivity index (χ0v) is 16.6. The molecule has 32 heavy (non-hydrogen) atoms. The molecule has 3 aromatic rings. The van der Waals surface area contributed by atoms with Crippen molar-refractivity contribution in [2.45, 2.75) is 18.4 Å². The predicted molar refractivity (Wildman–Crippen MR) is 110 cm³/mol. The molecule has 3 aromatic carbocycles. The first kappa shape index (κ1) is 21.4. The number of carboxylic acids is 1. The Hall–Kier alpha value is -3.81. The molecule has 0 fully saturated rings. The van der Waals surface area contributed by atoms with E-state index in [9.17, 15) is 27.9 Å². The summed E-state index contributed by atoms with van der Waals surface area (Å²) in [6, 6.07) is 15.3. The molecule has 1 unspecified atom stereocenters. The van der Waals surface area contributed by atoms with E-state index >= 15 is 0 Å². The molecule has 4 rings (SSSR count). The third kappa shape index (κ3) is 4.16. The van der Waals surface area contributed by atoms with Crippen molar-refractivity contribution in [3.8, 4) is 11.1 Å². The van der Waals surface area contributed by atoms with Crippen LogP contribution in [0.4, 0.5) is 18.0 Å². The summed E-state index contributed by atoms with van der Waals surface area (Å²) in [5, 5.41) is 11.6. The zero-order chi connectivity index (χ0) is 22.8. The number of carbonyl (C=O) groups excluding carboxylic acids is 1. The maximum absolute atomic E-state index is 13.4. The summed E-state index contributed by atoms with van der Waals surface area (Å²) in [5.41, 5.74) is 3.96. The fourth-order valence-electron chi connectivity index (χ4n) is 3.94. The average molecular weight is 441 g/mol. The summed E-state index contributed by atoms with van der Waals surface area (Å²) in [6.07, 6.45) is -1.43. The summed E-state index contributed by atoms with van der Waals surface area (Å²) in [7, 11) is 0. The molecule has 0 heterocycles. The highest BCUT2D eigenvalue weighted by atomic mass is 19.2. The molecule has 5 nitrogen and oxygen atoms in total. The van der Waals surface area contributed by atoms with Crippen molar-refractivity contribution in [2.24, 2.45) is 0 Å². The number of benzene rings is 3. The molecule has 8 heteroatoms. The highest BCUT2D eigenvalue weighted by Gasteiger charge is 2.30. The standard InChI is InChI=1S/C24H18F3NO4/c25-19-9-13(10-20(26)22(19)27)11-21(23(29)30)28-24(31)32-12-18-16-7-3-1-5-14(16)15-6-2-4-8-17(15)18/h1-10,18,21H,11-12H2,(H,28,31)(H,29,30). The summed E-state index contributed by atoms with van der Waals surface area (Å²) in [5.74, 6) is -6.17. The van der Waals surface area contributed by atoms with Crippen molar-refractivity contribution in [2.75, 3.05) is 6.61 Å². The lowest BCUT2D eigenvalue weighted by molar-refractivity contribution is -0.139. The van der Waals surface area contributed by atoms with Gasteiger partial charge in [0.05, 0.1) is 0 Å². The van der Waals surface area contributed by atoms with Gasteiger partial charge in [-0.25, -0.2) is 22.8 Å². The van der Waals surface area contributed by atoms with Crippen LogP contribution in [-0.4, -0.2) is 29.8 Å². The number of carbonyl (C=O) groups is 2. The first-order chi connectivity index (χ1) is 15.3. The molecule has 0 saturated heterocycles. The van der Waals surface area contributed by atoms with Gasteiger partial charge in [0, 0.05) is 12.3 Å². The van der Waals surface area contributed by atoms with Gasteiger partial charge in [-0.1, -0.05) is 48.5 Å². The zero-order valence-electron chi connectivity index (χ0n) is 16.6. The fraction of sp³-hybridized carbons (Fsp3) is 0.167. The van der Waals surface area contributed by atoms with Gasteiger partial charge < -0.3 is 15.2 Å². The molecule has 2 N–H and O–H groups in total. The minimum absolute atomic E-state index is 0.0218. The maximum atomic E-state index is 13.4. The van der Waals surface area contributed by atoms with Crippen LogP contribution >= 0.6 is 0 Å². The van der Waals surface area contributed by atoms with Gasteiger partial charge in [0.1, 0.15) is 12.6 Å². The highest BCUT2D eigenvalue weighted by Crippen LogP contribution is 2.44. The Morgan fingerprint density at radius 2 is 1.47 bits per heavy atom. The Kier molecular flexibility index (Phi) is 5.85. The van der Waals surface area contributed by atoms with E-state index in [2.05, 4.69) is 5.32 Å². The van der Waals surface area contributed by atoms with E-state index in [0.29, 0.717) is 12.1 Å². The summed E-state index contributed by atoms with van der Waals surface area (Å²) >= 11 is 0. The minimum Gasteiger partial charge on any atom is -0.480 e. The lowest BCUT2D eigenvalue weighted by Crippen LogP contribution is -2.43. The lowest BCUT2D eigenvalue weighted by atomic mass is 9.98. The van der Waals surface area contributed by atoms with E-state index in [-0.39, 0.29) is 18.1 Å². The normalized spacial score (nSPS) is 13.2. The number of amides is 1. The average Bonchev–Trinajstić information content (AvgIpc) is 3.09. The van der Waals surface area contributed by atoms with E-state index in [0.717, 1.165) is 22.3 Å². The second-order valence-electron chi connectivity index (χ2n) is 7.44. The largest absolute Gasteiger partial charge is 0.480 e. The number of nitrogens with one attached hydrogen (secondary N) is 1. The van der Waals surface area contributed by atoms with Gasteiger partial charge in [0.15, 0.2) is 17.5 Å². The number of halogens is 3. The predicted octanol–water partition coefficient (Wildman–Crippen LogP) is 4.64. The van der Waals surface area contributed by atoms with Gasteiger partial charge in [0.25, 0.3) is 0 Å². The van der Waals surface area contributed by atoms with Crippen LogP contribution in [0.25, 0.3) is 11.1 Å². The SMILES string of the molecule is O=C(NC(Cc1cc(F)c(F)c(F)c1)C(=O)O)OCC1c2ccccc2-c2ccccc21. The van der Waals surface area contributed by atoms with Crippen molar-refractivity contribution < 1.29 is 32.6 Å². The molecule has 1 atom stereocenters. The number of hydrogen-bond donors (Lipinski definition) is 2. The van der Waals surface area contributed by atoms with Crippen molar-refractivity contribution in [3.05, 3.63) is 94.8 Å². The van der Waals surface area contributed by atoms with Crippen LogP contribution in [0.15, 0.2) is 60.7 Å². The number of alkyl carbamates (subject to hydrolysis) is 1. The second kappa shape index (κ2) is 8.74. The Morgan fingerprint density at radius 3 is 2.00 bits per heavy atom. The van der Waals surface area contributed by atoms with Crippen LogP contribution in [-0.2, 0) is 16.0 Å². The molecule has 0 aliphatic heterocycles. The van der Waals surface area contributed by atoms with Gasteiger partial charge in [0.2, 0.25) is 0 Å². The van der Waals surface area contributed by atoms with Crippen molar-refractivity contribution >= 4 is 12.1 Å². The monoisotopic (exact) mass is 441 g/mol. The number of carboxylic acid groups (broad SMARTS) is 1. The fourth-order valence-corrected chi connectivity index (χ4v) is 3.94. The maximum Gasteiger partial charge on any atom is 0.407 e. The lowest BCUT2D eigenvalue weighted by Gasteiger charge is -2.17. The number of aliphatic carboxylic acids is 1. The van der Waals surface area contributed by atoms with Gasteiger partial charge in [-0.05, 0) is 39.9 Å². The molecule has 0 spiro atoms. The Balaban J connectivity index is 1.44. The topological polar surface area (TPSA) is 75.6 Å². The molecule has 164 valence electrons. The first-order valence-electron chi connectivity index (χ1n) is 9.83. The van der Waals surface area contributed by atoms with Crippen LogP contribution < -0.4 is 5.32 Å². The van der Waals surface area contributed by atoms with Crippen molar-refractivity contribution in [1.29, 1.82) is 0 Å². The Morgan fingerprint density at radius 1 is 0.938 bits per heavy atom. The van der Waals surface area contributed by atoms with Crippen LogP contribution in [0.3, 0.4) is 0 Å². The van der Waals surface area contributed by atoms with E-state index in [4.69, 9.17) is 4.74 Å². The van der Waals surface area contributed by atoms with E-state index in [1.807, 2.05) is 48.5 Å². The van der Waals surface area contributed by atoms with Gasteiger partial charge in [-0.3, -0.25) is 0 Å². The number of ether oxygens (including phenoxy) is 1. The first-order valence-corrected chi connectivity index (χ1v) is 9.83. The summed E-state index contributed by atoms with van der Waals surface area (Å²) < 4.78 is 45.3. The Bertz CT molecular complexity index is 1130. The molecule has 1 aliphatic rings. The third-order valence-electron chi connectivity index (χ3n) is 5.42. The quantitative estimate of drug-likeness (QED) is 0.547. The van der Waals surface area contributed by atoms with Crippen LogP contribution in [0.5, 0.6) is 0 Å². The van der Waals surface area contributed by atoms with E-state index in [1.165, 1.54) is 0 Å². The molecule has 0 aromatic heterocycles. The molecule has 0 radical (unpaired) electrons. The van der Waals surface area contributed by atoms with Crippen LogP contribution in [0.2, 0.25) is 0 Å². The smallest absolute Gasteiger partial charge is 0.407 e. The molecular formula is C24H18F3NO4. The van der Waals surface area contributed by atoms with Gasteiger partial charge in [-0.15, -0.1) is 0 Å². The van der Waals surface area contributed by atoms with Crippen LogP contribution in [0.1, 0.15) is 22.6 Å². The molecule has 0 bridgehead atoms. The molecule has 0 saturated carbocycles. The second-order valence-corrected chi connectivity index (χ2v) is 7.44. The molecular weight excluding hydrogens is 423 g/mol. The van der Waals surface area contributed by atoms with Crippen molar-refractivity contribution in [3.63, 3.8) is 0 Å².